The molecule has 110 valence electrons. The molecule has 2 heterocycles. The molecule has 6 heteroatoms. The van der Waals surface area contributed by atoms with E-state index in [9.17, 15) is 4.79 Å². The Balaban J connectivity index is 1.68. The zero-order valence-corrected chi connectivity index (χ0v) is 12.1. The van der Waals surface area contributed by atoms with E-state index in [4.69, 9.17) is 0 Å². The summed E-state index contributed by atoms with van der Waals surface area (Å²) < 4.78 is 1.73. The number of carbonyl (C=O) groups is 1. The van der Waals surface area contributed by atoms with E-state index in [0.717, 1.165) is 11.1 Å². The number of amides is 1. The minimum atomic E-state index is -0.176. The summed E-state index contributed by atoms with van der Waals surface area (Å²) in [6.45, 7) is 2.58. The Morgan fingerprint density at radius 1 is 1.23 bits per heavy atom. The Kier molecular flexibility index (Phi) is 3.91. The van der Waals surface area contributed by atoms with Crippen LogP contribution in [0.15, 0.2) is 55.2 Å². The van der Waals surface area contributed by atoms with E-state index in [1.54, 1.807) is 29.3 Å². The summed E-state index contributed by atoms with van der Waals surface area (Å²) in [5.41, 5.74) is 2.69. The molecule has 2 aromatic heterocycles. The third-order valence-corrected chi connectivity index (χ3v) is 3.18. The molecule has 1 amide bonds. The van der Waals surface area contributed by atoms with Crippen LogP contribution in [-0.2, 0) is 6.54 Å². The van der Waals surface area contributed by atoms with E-state index in [1.807, 2.05) is 31.2 Å². The Bertz CT molecular complexity index is 765. The Morgan fingerprint density at radius 3 is 2.73 bits per heavy atom. The van der Waals surface area contributed by atoms with E-state index in [-0.39, 0.29) is 5.91 Å². The molecule has 0 aliphatic heterocycles. The van der Waals surface area contributed by atoms with Gasteiger partial charge in [0, 0.05) is 11.8 Å². The van der Waals surface area contributed by atoms with Crippen LogP contribution in [0.4, 0.5) is 5.82 Å². The minimum absolute atomic E-state index is 0.176. The number of rotatable bonds is 4. The first kappa shape index (κ1) is 13.9. The fourth-order valence-electron chi connectivity index (χ4n) is 2.06. The molecule has 0 saturated heterocycles. The van der Waals surface area contributed by atoms with Crippen LogP contribution in [0.25, 0.3) is 0 Å². The van der Waals surface area contributed by atoms with Gasteiger partial charge in [-0.3, -0.25) is 4.79 Å². The van der Waals surface area contributed by atoms with E-state index in [2.05, 4.69) is 20.4 Å². The summed E-state index contributed by atoms with van der Waals surface area (Å²) in [6, 6.07) is 11.1. The molecule has 0 saturated carbocycles. The highest BCUT2D eigenvalue weighted by Crippen LogP contribution is 2.10. The lowest BCUT2D eigenvalue weighted by atomic mass is 10.1. The van der Waals surface area contributed by atoms with Crippen LogP contribution >= 0.6 is 0 Å². The SMILES string of the molecule is Cc1ccnc(NC(=O)c2ccc(Cn3cncn3)cc2)c1. The van der Waals surface area contributed by atoms with Gasteiger partial charge in [-0.2, -0.15) is 5.10 Å². The maximum atomic E-state index is 12.2. The highest BCUT2D eigenvalue weighted by molar-refractivity contribution is 6.03. The first-order valence-electron chi connectivity index (χ1n) is 6.86. The number of anilines is 1. The smallest absolute Gasteiger partial charge is 0.256 e. The molecule has 0 aliphatic rings. The molecular weight excluding hydrogens is 278 g/mol. The lowest BCUT2D eigenvalue weighted by Crippen LogP contribution is -2.13. The van der Waals surface area contributed by atoms with Crippen LogP contribution in [-0.4, -0.2) is 25.7 Å². The van der Waals surface area contributed by atoms with Crippen molar-refractivity contribution in [1.82, 2.24) is 19.7 Å². The molecule has 3 rings (SSSR count). The van der Waals surface area contributed by atoms with Crippen molar-refractivity contribution in [2.75, 3.05) is 5.32 Å². The second kappa shape index (κ2) is 6.17. The monoisotopic (exact) mass is 293 g/mol. The maximum absolute atomic E-state index is 12.2. The minimum Gasteiger partial charge on any atom is -0.307 e. The fourth-order valence-corrected chi connectivity index (χ4v) is 2.06. The molecule has 0 spiro atoms. The summed E-state index contributed by atoms with van der Waals surface area (Å²) in [5.74, 6) is 0.377. The molecule has 0 bridgehead atoms. The van der Waals surface area contributed by atoms with Crippen molar-refractivity contribution in [3.63, 3.8) is 0 Å². The number of hydrogen-bond donors (Lipinski definition) is 1. The van der Waals surface area contributed by atoms with Crippen molar-refractivity contribution in [3.05, 3.63) is 71.9 Å². The Labute approximate surface area is 127 Å². The van der Waals surface area contributed by atoms with Gasteiger partial charge in [-0.05, 0) is 42.3 Å². The van der Waals surface area contributed by atoms with E-state index < -0.39 is 0 Å². The van der Waals surface area contributed by atoms with Gasteiger partial charge in [0.2, 0.25) is 0 Å². The average Bonchev–Trinajstić information content (AvgIpc) is 3.01. The van der Waals surface area contributed by atoms with Crippen LogP contribution in [0.2, 0.25) is 0 Å². The molecule has 0 fully saturated rings. The van der Waals surface area contributed by atoms with Crippen molar-refractivity contribution in [1.29, 1.82) is 0 Å². The molecule has 6 nitrogen and oxygen atoms in total. The van der Waals surface area contributed by atoms with Crippen molar-refractivity contribution in [2.24, 2.45) is 0 Å². The summed E-state index contributed by atoms with van der Waals surface area (Å²) in [5, 5.41) is 6.84. The molecular formula is C16H15N5O. The molecule has 0 aliphatic carbocycles. The second-order valence-electron chi connectivity index (χ2n) is 4.96. The summed E-state index contributed by atoms with van der Waals surface area (Å²) in [7, 11) is 0. The number of pyridine rings is 1. The van der Waals surface area contributed by atoms with Gasteiger partial charge in [0.15, 0.2) is 0 Å². The van der Waals surface area contributed by atoms with Gasteiger partial charge in [0.05, 0.1) is 6.54 Å². The number of hydrogen-bond acceptors (Lipinski definition) is 4. The van der Waals surface area contributed by atoms with Gasteiger partial charge in [-0.1, -0.05) is 12.1 Å². The zero-order chi connectivity index (χ0) is 15.4. The molecule has 22 heavy (non-hydrogen) atoms. The lowest BCUT2D eigenvalue weighted by molar-refractivity contribution is 0.102. The van der Waals surface area contributed by atoms with Crippen molar-refractivity contribution in [2.45, 2.75) is 13.5 Å². The Hall–Kier alpha value is -3.02. The third kappa shape index (κ3) is 3.35. The van der Waals surface area contributed by atoms with Gasteiger partial charge in [-0.15, -0.1) is 0 Å². The summed E-state index contributed by atoms with van der Waals surface area (Å²) in [4.78, 5) is 20.2. The first-order valence-corrected chi connectivity index (χ1v) is 6.86. The summed E-state index contributed by atoms with van der Waals surface area (Å²) >= 11 is 0. The van der Waals surface area contributed by atoms with Crippen molar-refractivity contribution in [3.8, 4) is 0 Å². The van der Waals surface area contributed by atoms with Gasteiger partial charge < -0.3 is 5.32 Å². The number of benzene rings is 1. The topological polar surface area (TPSA) is 72.7 Å². The van der Waals surface area contributed by atoms with Gasteiger partial charge >= 0.3 is 0 Å². The maximum Gasteiger partial charge on any atom is 0.256 e. The highest BCUT2D eigenvalue weighted by atomic mass is 16.1. The van der Waals surface area contributed by atoms with E-state index in [0.29, 0.717) is 17.9 Å². The van der Waals surface area contributed by atoms with Crippen molar-refractivity contribution >= 4 is 11.7 Å². The highest BCUT2D eigenvalue weighted by Gasteiger charge is 2.07. The van der Waals surface area contributed by atoms with Crippen molar-refractivity contribution < 1.29 is 4.79 Å². The lowest BCUT2D eigenvalue weighted by Gasteiger charge is -2.06. The fraction of sp³-hybridized carbons (Fsp3) is 0.125. The van der Waals surface area contributed by atoms with Gasteiger partial charge in [0.25, 0.3) is 5.91 Å². The molecule has 1 aromatic carbocycles. The average molecular weight is 293 g/mol. The van der Waals surface area contributed by atoms with Gasteiger partial charge in [-0.25, -0.2) is 14.6 Å². The van der Waals surface area contributed by atoms with Crippen LogP contribution in [0.5, 0.6) is 0 Å². The second-order valence-corrected chi connectivity index (χ2v) is 4.96. The van der Waals surface area contributed by atoms with Crippen LogP contribution in [0.3, 0.4) is 0 Å². The molecule has 3 aromatic rings. The number of carbonyl (C=O) groups excluding carboxylic acids is 1. The standard InChI is InChI=1S/C16H15N5O/c1-12-6-7-18-15(8-12)20-16(22)14-4-2-13(3-5-14)9-21-11-17-10-19-21/h2-8,10-11H,9H2,1H3,(H,18,20,22). The Morgan fingerprint density at radius 2 is 2.05 bits per heavy atom. The third-order valence-electron chi connectivity index (χ3n) is 3.18. The van der Waals surface area contributed by atoms with Crippen LogP contribution in [0, 0.1) is 6.92 Å². The molecule has 0 atom stereocenters. The quantitative estimate of drug-likeness (QED) is 0.801. The van der Waals surface area contributed by atoms with Crippen LogP contribution in [0.1, 0.15) is 21.5 Å². The molecule has 0 radical (unpaired) electrons. The summed E-state index contributed by atoms with van der Waals surface area (Å²) in [6.07, 6.45) is 4.83. The number of aryl methyl sites for hydroxylation is 1. The first-order chi connectivity index (χ1) is 10.7. The van der Waals surface area contributed by atoms with E-state index >= 15 is 0 Å². The predicted molar refractivity (Wildman–Crippen MR) is 82.5 cm³/mol. The normalized spacial score (nSPS) is 10.4. The number of nitrogens with one attached hydrogen (secondary N) is 1. The zero-order valence-electron chi connectivity index (χ0n) is 12.1. The van der Waals surface area contributed by atoms with Crippen LogP contribution < -0.4 is 5.32 Å². The molecule has 0 unspecified atom stereocenters. The van der Waals surface area contributed by atoms with Gasteiger partial charge in [0.1, 0.15) is 18.5 Å². The molecule has 1 N–H and O–H groups in total. The number of nitrogens with zero attached hydrogens (tertiary/aromatic N) is 4. The van der Waals surface area contributed by atoms with E-state index in [1.165, 1.54) is 6.33 Å². The number of aromatic nitrogens is 4. The predicted octanol–water partition coefficient (Wildman–Crippen LogP) is 2.28. The largest absolute Gasteiger partial charge is 0.307 e.